The van der Waals surface area contributed by atoms with Gasteiger partial charge in [-0.25, -0.2) is 18.1 Å². The molecule has 0 radical (unpaired) electrons. The zero-order valence-corrected chi connectivity index (χ0v) is 13.4. The summed E-state index contributed by atoms with van der Waals surface area (Å²) in [6.07, 6.45) is 6.27. The van der Waals surface area contributed by atoms with Crippen LogP contribution in [0.5, 0.6) is 0 Å². The van der Waals surface area contributed by atoms with Crippen LogP contribution in [-0.2, 0) is 27.6 Å². The molecule has 1 aromatic heterocycles. The lowest BCUT2D eigenvalue weighted by atomic mass is 10.1. The summed E-state index contributed by atoms with van der Waals surface area (Å²) >= 11 is 1.65. The van der Waals surface area contributed by atoms with Gasteiger partial charge in [-0.1, -0.05) is 6.92 Å². The third-order valence-corrected chi connectivity index (χ3v) is 5.95. The van der Waals surface area contributed by atoms with Gasteiger partial charge in [-0.3, -0.25) is 0 Å². The lowest BCUT2D eigenvalue weighted by Crippen LogP contribution is -2.35. The van der Waals surface area contributed by atoms with E-state index in [0.29, 0.717) is 19.6 Å². The molecule has 1 aliphatic heterocycles. The number of nitrogens with one attached hydrogen (secondary N) is 1. The van der Waals surface area contributed by atoms with E-state index in [1.54, 1.807) is 11.3 Å². The molecule has 1 atom stereocenters. The van der Waals surface area contributed by atoms with Crippen molar-refractivity contribution in [2.24, 2.45) is 0 Å². The molecule has 0 bridgehead atoms. The van der Waals surface area contributed by atoms with Crippen LogP contribution in [0.2, 0.25) is 0 Å². The predicted octanol–water partition coefficient (Wildman–Crippen LogP) is 1.74. The molecule has 1 fully saturated rings. The molecular weight excluding hydrogens is 296 g/mol. The van der Waals surface area contributed by atoms with Gasteiger partial charge in [0, 0.05) is 30.6 Å². The maximum Gasteiger partial charge on any atom is 0.214 e. The van der Waals surface area contributed by atoms with Gasteiger partial charge >= 0.3 is 0 Å². The maximum absolute atomic E-state index is 11.9. The van der Waals surface area contributed by atoms with Gasteiger partial charge in [0.25, 0.3) is 0 Å². The quantitative estimate of drug-likeness (QED) is 0.831. The molecular formula is C13H22N2O3S2. The maximum atomic E-state index is 11.9. The summed E-state index contributed by atoms with van der Waals surface area (Å²) in [5, 5.41) is 0.985. The number of hydrogen-bond donors (Lipinski definition) is 1. The van der Waals surface area contributed by atoms with Crippen molar-refractivity contribution in [2.75, 3.05) is 18.9 Å². The summed E-state index contributed by atoms with van der Waals surface area (Å²) in [5.74, 6) is 0.0745. The molecule has 0 saturated carbocycles. The normalized spacial score (nSPS) is 20.1. The van der Waals surface area contributed by atoms with Crippen LogP contribution in [-0.4, -0.2) is 38.4 Å². The van der Waals surface area contributed by atoms with Gasteiger partial charge in [0.2, 0.25) is 10.0 Å². The van der Waals surface area contributed by atoms with Crippen LogP contribution in [0.25, 0.3) is 0 Å². The minimum atomic E-state index is -3.25. The highest BCUT2D eigenvalue weighted by Crippen LogP contribution is 2.15. The Morgan fingerprint density at radius 1 is 1.50 bits per heavy atom. The lowest BCUT2D eigenvalue weighted by molar-refractivity contribution is 0.0304. The van der Waals surface area contributed by atoms with E-state index in [9.17, 15) is 8.42 Å². The second-order valence-corrected chi connectivity index (χ2v) is 8.04. The summed E-state index contributed by atoms with van der Waals surface area (Å²) in [6, 6.07) is 0. The van der Waals surface area contributed by atoms with E-state index in [1.165, 1.54) is 4.88 Å². The SMILES string of the molecule is CCc1cnc(CCNS(=O)(=O)CC2CCCCO2)s1. The van der Waals surface area contributed by atoms with E-state index < -0.39 is 10.0 Å². The van der Waals surface area contributed by atoms with E-state index in [2.05, 4.69) is 16.6 Å². The molecule has 1 unspecified atom stereocenters. The summed E-state index contributed by atoms with van der Waals surface area (Å²) in [4.78, 5) is 5.52. The Hall–Kier alpha value is -0.500. The van der Waals surface area contributed by atoms with Gasteiger partial charge in [0.05, 0.1) is 16.9 Å². The van der Waals surface area contributed by atoms with Crippen LogP contribution in [0, 0.1) is 0 Å². The summed E-state index contributed by atoms with van der Waals surface area (Å²) in [5.41, 5.74) is 0. The van der Waals surface area contributed by atoms with E-state index >= 15 is 0 Å². The molecule has 0 aromatic carbocycles. The van der Waals surface area contributed by atoms with Crippen molar-refractivity contribution in [1.29, 1.82) is 0 Å². The first-order chi connectivity index (χ1) is 9.59. The Kier molecular flexibility index (Phi) is 5.95. The smallest absolute Gasteiger partial charge is 0.214 e. The van der Waals surface area contributed by atoms with Crippen LogP contribution < -0.4 is 4.72 Å². The predicted molar refractivity (Wildman–Crippen MR) is 80.6 cm³/mol. The fourth-order valence-electron chi connectivity index (χ4n) is 2.18. The standard InChI is InChI=1S/C13H22N2O3S2/c1-2-12-9-14-13(19-12)6-7-15-20(16,17)10-11-5-3-4-8-18-11/h9,11,15H,2-8,10H2,1H3. The van der Waals surface area contributed by atoms with Crippen molar-refractivity contribution >= 4 is 21.4 Å². The van der Waals surface area contributed by atoms with Crippen molar-refractivity contribution in [1.82, 2.24) is 9.71 Å². The van der Waals surface area contributed by atoms with Crippen molar-refractivity contribution < 1.29 is 13.2 Å². The second-order valence-electron chi connectivity index (χ2n) is 4.99. The monoisotopic (exact) mass is 318 g/mol. The number of nitrogens with zero attached hydrogens (tertiary/aromatic N) is 1. The molecule has 2 rings (SSSR count). The number of sulfonamides is 1. The van der Waals surface area contributed by atoms with Crippen molar-refractivity contribution in [3.05, 3.63) is 16.1 Å². The van der Waals surface area contributed by atoms with Gasteiger partial charge in [-0.2, -0.15) is 0 Å². The lowest BCUT2D eigenvalue weighted by Gasteiger charge is -2.22. The molecule has 1 N–H and O–H groups in total. The van der Waals surface area contributed by atoms with Crippen molar-refractivity contribution in [2.45, 2.75) is 45.1 Å². The minimum absolute atomic E-state index is 0.0745. The van der Waals surface area contributed by atoms with Crippen LogP contribution in [0.3, 0.4) is 0 Å². The number of aromatic nitrogens is 1. The fraction of sp³-hybridized carbons (Fsp3) is 0.769. The van der Waals surface area contributed by atoms with Gasteiger partial charge in [0.15, 0.2) is 0 Å². The van der Waals surface area contributed by atoms with Crippen LogP contribution in [0.15, 0.2) is 6.20 Å². The number of thiazole rings is 1. The molecule has 2 heterocycles. The molecule has 7 heteroatoms. The van der Waals surface area contributed by atoms with Crippen molar-refractivity contribution in [3.8, 4) is 0 Å². The highest BCUT2D eigenvalue weighted by Gasteiger charge is 2.21. The van der Waals surface area contributed by atoms with E-state index in [1.807, 2.05) is 6.20 Å². The third-order valence-electron chi connectivity index (χ3n) is 3.29. The zero-order chi connectivity index (χ0) is 14.4. The zero-order valence-electron chi connectivity index (χ0n) is 11.8. The fourth-order valence-corrected chi connectivity index (χ4v) is 4.33. The number of rotatable bonds is 7. The average molecular weight is 318 g/mol. The Morgan fingerprint density at radius 3 is 3.00 bits per heavy atom. The minimum Gasteiger partial charge on any atom is -0.377 e. The van der Waals surface area contributed by atoms with E-state index in [-0.39, 0.29) is 11.9 Å². The molecule has 20 heavy (non-hydrogen) atoms. The average Bonchev–Trinajstić information content (AvgIpc) is 2.87. The summed E-state index contributed by atoms with van der Waals surface area (Å²) < 4.78 is 32.0. The molecule has 1 saturated heterocycles. The molecule has 1 aromatic rings. The van der Waals surface area contributed by atoms with Crippen LogP contribution in [0.4, 0.5) is 0 Å². The van der Waals surface area contributed by atoms with Gasteiger partial charge in [-0.15, -0.1) is 11.3 Å². The van der Waals surface area contributed by atoms with Gasteiger partial charge in [-0.05, 0) is 25.7 Å². The molecule has 0 amide bonds. The van der Waals surface area contributed by atoms with E-state index in [4.69, 9.17) is 4.74 Å². The third kappa shape index (κ3) is 5.12. The Morgan fingerprint density at radius 2 is 2.35 bits per heavy atom. The van der Waals surface area contributed by atoms with E-state index in [0.717, 1.165) is 30.7 Å². The first-order valence-corrected chi connectivity index (χ1v) is 9.58. The highest BCUT2D eigenvalue weighted by molar-refractivity contribution is 7.89. The Bertz CT molecular complexity index is 507. The molecule has 5 nitrogen and oxygen atoms in total. The first-order valence-electron chi connectivity index (χ1n) is 7.11. The van der Waals surface area contributed by atoms with Gasteiger partial charge < -0.3 is 4.74 Å². The molecule has 0 aliphatic carbocycles. The van der Waals surface area contributed by atoms with Crippen LogP contribution >= 0.6 is 11.3 Å². The number of hydrogen-bond acceptors (Lipinski definition) is 5. The Balaban J connectivity index is 1.74. The summed E-state index contributed by atoms with van der Waals surface area (Å²) in [6.45, 7) is 3.18. The molecule has 0 spiro atoms. The van der Waals surface area contributed by atoms with Crippen molar-refractivity contribution in [3.63, 3.8) is 0 Å². The number of ether oxygens (including phenoxy) is 1. The number of aryl methyl sites for hydroxylation is 1. The molecule has 114 valence electrons. The van der Waals surface area contributed by atoms with Gasteiger partial charge in [0.1, 0.15) is 0 Å². The Labute approximate surface area is 124 Å². The second kappa shape index (κ2) is 7.49. The molecule has 1 aliphatic rings. The summed E-state index contributed by atoms with van der Waals surface area (Å²) in [7, 11) is -3.25. The largest absolute Gasteiger partial charge is 0.377 e. The topological polar surface area (TPSA) is 68.3 Å². The highest BCUT2D eigenvalue weighted by atomic mass is 32.2. The first kappa shape index (κ1) is 15.9. The van der Waals surface area contributed by atoms with Crippen LogP contribution in [0.1, 0.15) is 36.1 Å².